The van der Waals surface area contributed by atoms with Crippen molar-refractivity contribution in [2.75, 3.05) is 11.9 Å². The summed E-state index contributed by atoms with van der Waals surface area (Å²) in [5.41, 5.74) is 0.654. The first-order valence-electron chi connectivity index (χ1n) is 5.51. The van der Waals surface area contributed by atoms with Crippen LogP contribution < -0.4 is 15.8 Å². The summed E-state index contributed by atoms with van der Waals surface area (Å²) < 4.78 is 22.1. The molecule has 0 aliphatic rings. The Labute approximate surface area is 107 Å². The molecule has 1 amide bonds. The molecule has 1 rings (SSSR count). The highest BCUT2D eigenvalue weighted by atomic mass is 32.2. The maximum Gasteiger partial charge on any atom is 0.242 e. The molecule has 1 aromatic rings. The van der Waals surface area contributed by atoms with Gasteiger partial charge in [0.05, 0.1) is 4.90 Å². The average molecular weight is 271 g/mol. The van der Waals surface area contributed by atoms with Crippen molar-refractivity contribution in [3.63, 3.8) is 0 Å². The van der Waals surface area contributed by atoms with Crippen LogP contribution in [0.2, 0.25) is 0 Å². The van der Waals surface area contributed by atoms with E-state index in [2.05, 4.69) is 10.6 Å². The summed E-state index contributed by atoms with van der Waals surface area (Å²) in [5.74, 6) is -0.118. The number of primary sulfonamides is 1. The Morgan fingerprint density at radius 1 is 1.33 bits per heavy atom. The second-order valence-corrected chi connectivity index (χ2v) is 5.39. The number of hydrogen-bond acceptors (Lipinski definition) is 4. The number of anilines is 1. The van der Waals surface area contributed by atoms with Crippen molar-refractivity contribution in [2.24, 2.45) is 5.14 Å². The lowest BCUT2D eigenvalue weighted by Gasteiger charge is -2.14. The molecule has 0 aliphatic heterocycles. The molecule has 0 aliphatic carbocycles. The Bertz CT molecular complexity index is 511. The van der Waals surface area contributed by atoms with Gasteiger partial charge in [-0.25, -0.2) is 13.6 Å². The van der Waals surface area contributed by atoms with Crippen molar-refractivity contribution < 1.29 is 13.2 Å². The molecule has 4 N–H and O–H groups in total. The SMILES string of the molecule is CCNC(=O)C(C)Nc1ccc(S(N)(=O)=O)cc1. The van der Waals surface area contributed by atoms with E-state index in [-0.39, 0.29) is 10.8 Å². The van der Waals surface area contributed by atoms with Gasteiger partial charge in [0, 0.05) is 12.2 Å². The molecule has 1 aromatic carbocycles. The minimum absolute atomic E-state index is 0.0405. The zero-order valence-electron chi connectivity index (χ0n) is 10.3. The molecule has 0 bridgehead atoms. The second-order valence-electron chi connectivity index (χ2n) is 3.83. The fourth-order valence-corrected chi connectivity index (χ4v) is 1.90. The number of carbonyl (C=O) groups excluding carboxylic acids is 1. The maximum atomic E-state index is 11.5. The van der Waals surface area contributed by atoms with E-state index in [1.807, 2.05) is 6.92 Å². The Morgan fingerprint density at radius 2 is 1.89 bits per heavy atom. The van der Waals surface area contributed by atoms with E-state index in [1.54, 1.807) is 19.1 Å². The first kappa shape index (κ1) is 14.5. The fourth-order valence-electron chi connectivity index (χ4n) is 1.38. The standard InChI is InChI=1S/C11H17N3O3S/c1-3-13-11(15)8(2)14-9-4-6-10(7-5-9)18(12,16)17/h4-8,14H,3H2,1-2H3,(H,13,15)(H2,12,16,17). The van der Waals surface area contributed by atoms with E-state index in [0.29, 0.717) is 12.2 Å². The van der Waals surface area contributed by atoms with E-state index in [0.717, 1.165) is 0 Å². The van der Waals surface area contributed by atoms with Crippen LogP contribution in [-0.2, 0) is 14.8 Å². The summed E-state index contributed by atoms with van der Waals surface area (Å²) in [4.78, 5) is 11.5. The van der Waals surface area contributed by atoms with E-state index in [4.69, 9.17) is 5.14 Å². The van der Waals surface area contributed by atoms with Gasteiger partial charge >= 0.3 is 0 Å². The third-order valence-electron chi connectivity index (χ3n) is 2.31. The molecule has 0 fully saturated rings. The normalized spacial score (nSPS) is 12.8. The lowest BCUT2D eigenvalue weighted by Crippen LogP contribution is -2.37. The smallest absolute Gasteiger partial charge is 0.242 e. The molecule has 0 radical (unpaired) electrons. The van der Waals surface area contributed by atoms with Gasteiger partial charge in [0.2, 0.25) is 15.9 Å². The second kappa shape index (κ2) is 5.83. The van der Waals surface area contributed by atoms with E-state index >= 15 is 0 Å². The minimum Gasteiger partial charge on any atom is -0.374 e. The number of benzene rings is 1. The zero-order chi connectivity index (χ0) is 13.8. The van der Waals surface area contributed by atoms with E-state index in [9.17, 15) is 13.2 Å². The van der Waals surface area contributed by atoms with Gasteiger partial charge in [-0.1, -0.05) is 0 Å². The van der Waals surface area contributed by atoms with E-state index in [1.165, 1.54) is 12.1 Å². The van der Waals surface area contributed by atoms with Crippen LogP contribution in [0.3, 0.4) is 0 Å². The fraction of sp³-hybridized carbons (Fsp3) is 0.364. The number of sulfonamides is 1. The minimum atomic E-state index is -3.68. The van der Waals surface area contributed by atoms with Gasteiger partial charge in [-0.3, -0.25) is 4.79 Å². The summed E-state index contributed by atoms with van der Waals surface area (Å²) in [6.45, 7) is 4.12. The first-order chi connectivity index (χ1) is 8.34. The molecule has 100 valence electrons. The predicted molar refractivity (Wildman–Crippen MR) is 69.6 cm³/mol. The van der Waals surface area contributed by atoms with Crippen molar-refractivity contribution in [1.82, 2.24) is 5.32 Å². The van der Waals surface area contributed by atoms with Crippen LogP contribution in [0.5, 0.6) is 0 Å². The number of amides is 1. The summed E-state index contributed by atoms with van der Waals surface area (Å²) in [6.07, 6.45) is 0. The Balaban J connectivity index is 2.73. The van der Waals surface area contributed by atoms with Crippen LogP contribution in [0.25, 0.3) is 0 Å². The molecule has 1 atom stereocenters. The summed E-state index contributed by atoms with van der Waals surface area (Å²) in [5, 5.41) is 10.6. The topological polar surface area (TPSA) is 101 Å². The molecular weight excluding hydrogens is 254 g/mol. The van der Waals surface area contributed by atoms with Gasteiger partial charge in [0.1, 0.15) is 6.04 Å². The van der Waals surface area contributed by atoms with Crippen LogP contribution in [0, 0.1) is 0 Å². The molecule has 6 nitrogen and oxygen atoms in total. The lowest BCUT2D eigenvalue weighted by molar-refractivity contribution is -0.121. The molecule has 18 heavy (non-hydrogen) atoms. The van der Waals surface area contributed by atoms with E-state index < -0.39 is 16.1 Å². The number of likely N-dealkylation sites (N-methyl/N-ethyl adjacent to an activating group) is 1. The largest absolute Gasteiger partial charge is 0.374 e. The highest BCUT2D eigenvalue weighted by molar-refractivity contribution is 7.89. The number of carbonyl (C=O) groups is 1. The van der Waals surface area contributed by atoms with Gasteiger partial charge in [0.25, 0.3) is 0 Å². The zero-order valence-corrected chi connectivity index (χ0v) is 11.1. The van der Waals surface area contributed by atoms with Crippen molar-refractivity contribution in [1.29, 1.82) is 0 Å². The molecule has 0 saturated heterocycles. The predicted octanol–water partition coefficient (Wildman–Crippen LogP) is 0.271. The summed E-state index contributed by atoms with van der Waals surface area (Å²) >= 11 is 0. The van der Waals surface area contributed by atoms with Gasteiger partial charge in [-0.2, -0.15) is 0 Å². The molecule has 0 heterocycles. The van der Waals surface area contributed by atoms with Crippen molar-refractivity contribution >= 4 is 21.6 Å². The Morgan fingerprint density at radius 3 is 2.33 bits per heavy atom. The molecule has 7 heteroatoms. The Kier molecular flexibility index (Phi) is 4.69. The van der Waals surface area contributed by atoms with Crippen LogP contribution in [0.15, 0.2) is 29.2 Å². The average Bonchev–Trinajstić information content (AvgIpc) is 2.28. The first-order valence-corrected chi connectivity index (χ1v) is 7.06. The van der Waals surface area contributed by atoms with Crippen LogP contribution in [-0.4, -0.2) is 26.9 Å². The van der Waals surface area contributed by atoms with Crippen molar-refractivity contribution in [3.05, 3.63) is 24.3 Å². The summed E-state index contributed by atoms with van der Waals surface area (Å²) in [7, 11) is -3.68. The maximum absolute atomic E-state index is 11.5. The molecular formula is C11H17N3O3S. The van der Waals surface area contributed by atoms with Gasteiger partial charge in [0.15, 0.2) is 0 Å². The Hall–Kier alpha value is -1.60. The molecule has 0 saturated carbocycles. The number of hydrogen-bond donors (Lipinski definition) is 3. The quantitative estimate of drug-likeness (QED) is 0.715. The third kappa shape index (κ3) is 4.01. The monoisotopic (exact) mass is 271 g/mol. The highest BCUT2D eigenvalue weighted by Crippen LogP contribution is 2.13. The number of nitrogens with two attached hydrogens (primary N) is 1. The summed E-state index contributed by atoms with van der Waals surface area (Å²) in [6, 6.07) is 5.51. The van der Waals surface area contributed by atoms with Crippen LogP contribution in [0.1, 0.15) is 13.8 Å². The third-order valence-corrected chi connectivity index (χ3v) is 3.24. The van der Waals surface area contributed by atoms with Crippen molar-refractivity contribution in [2.45, 2.75) is 24.8 Å². The molecule has 1 unspecified atom stereocenters. The van der Waals surface area contributed by atoms with Gasteiger partial charge in [-0.15, -0.1) is 0 Å². The highest BCUT2D eigenvalue weighted by Gasteiger charge is 2.12. The van der Waals surface area contributed by atoms with Gasteiger partial charge in [-0.05, 0) is 38.1 Å². The van der Waals surface area contributed by atoms with Gasteiger partial charge < -0.3 is 10.6 Å². The number of nitrogens with one attached hydrogen (secondary N) is 2. The molecule has 0 aromatic heterocycles. The van der Waals surface area contributed by atoms with Crippen molar-refractivity contribution in [3.8, 4) is 0 Å². The molecule has 0 spiro atoms. The van der Waals surface area contributed by atoms with Crippen LogP contribution in [0.4, 0.5) is 5.69 Å². The lowest BCUT2D eigenvalue weighted by atomic mass is 10.2. The van der Waals surface area contributed by atoms with Crippen LogP contribution >= 0.6 is 0 Å². The number of rotatable bonds is 5.